The molecule has 28 heavy (non-hydrogen) atoms. The second-order valence-electron chi connectivity index (χ2n) is 6.57. The van der Waals surface area contributed by atoms with E-state index in [2.05, 4.69) is 5.32 Å². The summed E-state index contributed by atoms with van der Waals surface area (Å²) in [6, 6.07) is 10.2. The third kappa shape index (κ3) is 5.48. The van der Waals surface area contributed by atoms with E-state index in [9.17, 15) is 14.4 Å². The maximum Gasteiger partial charge on any atom is 0.328 e. The first-order valence-electron chi connectivity index (χ1n) is 8.99. The lowest BCUT2D eigenvalue weighted by molar-refractivity contribution is -0.145. The van der Waals surface area contributed by atoms with Crippen LogP contribution < -0.4 is 5.32 Å². The Hall–Kier alpha value is -2.54. The molecule has 0 saturated heterocycles. The molecule has 2 rings (SSSR count). The van der Waals surface area contributed by atoms with Crippen LogP contribution >= 0.6 is 11.8 Å². The molecule has 0 spiro atoms. The van der Waals surface area contributed by atoms with E-state index in [1.165, 1.54) is 7.11 Å². The lowest BCUT2D eigenvalue weighted by Gasteiger charge is -2.16. The van der Waals surface area contributed by atoms with Gasteiger partial charge in [-0.2, -0.15) is 11.8 Å². The molecule has 0 radical (unpaired) electrons. The van der Waals surface area contributed by atoms with E-state index in [0.717, 1.165) is 11.3 Å². The molecule has 1 N–H and O–H groups in total. The first-order chi connectivity index (χ1) is 13.4. The highest BCUT2D eigenvalue weighted by atomic mass is 32.2. The summed E-state index contributed by atoms with van der Waals surface area (Å²) in [5.74, 6) is -0.0996. The number of hydrogen-bond donors (Lipinski definition) is 1. The van der Waals surface area contributed by atoms with Gasteiger partial charge in [0.15, 0.2) is 0 Å². The number of methoxy groups -OCH3 is 1. The Labute approximate surface area is 169 Å². The molecule has 1 heterocycles. The highest BCUT2D eigenvalue weighted by Gasteiger charge is 2.22. The molecule has 1 aromatic heterocycles. The van der Waals surface area contributed by atoms with Gasteiger partial charge in [0, 0.05) is 18.3 Å². The normalized spacial score (nSPS) is 11.7. The zero-order valence-electron chi connectivity index (χ0n) is 16.7. The van der Waals surface area contributed by atoms with Crippen molar-refractivity contribution in [3.63, 3.8) is 0 Å². The largest absolute Gasteiger partial charge is 0.467 e. The minimum Gasteiger partial charge on any atom is -0.467 e. The van der Waals surface area contributed by atoms with Crippen molar-refractivity contribution in [2.75, 3.05) is 19.1 Å². The molecular formula is C21H26N2O4S. The van der Waals surface area contributed by atoms with E-state index in [-0.39, 0.29) is 18.1 Å². The Morgan fingerprint density at radius 2 is 1.82 bits per heavy atom. The van der Waals surface area contributed by atoms with Crippen molar-refractivity contribution in [3.8, 4) is 0 Å². The predicted molar refractivity (Wildman–Crippen MR) is 111 cm³/mol. The number of nitrogens with one attached hydrogen (secondary N) is 1. The van der Waals surface area contributed by atoms with E-state index in [0.29, 0.717) is 23.4 Å². The number of aryl methyl sites for hydroxylation is 1. The number of esters is 1. The highest BCUT2D eigenvalue weighted by molar-refractivity contribution is 7.98. The van der Waals surface area contributed by atoms with E-state index in [1.807, 2.05) is 25.3 Å². The number of ketones is 1. The van der Waals surface area contributed by atoms with E-state index < -0.39 is 12.0 Å². The van der Waals surface area contributed by atoms with Crippen molar-refractivity contribution in [2.24, 2.45) is 7.05 Å². The number of benzene rings is 1. The Morgan fingerprint density at radius 3 is 2.43 bits per heavy atom. The van der Waals surface area contributed by atoms with Gasteiger partial charge in [0.2, 0.25) is 11.7 Å². The Kier molecular flexibility index (Phi) is 7.87. The third-order valence-corrected chi connectivity index (χ3v) is 5.19. The fraction of sp³-hybridized carbons (Fsp3) is 0.381. The fourth-order valence-corrected chi connectivity index (χ4v) is 3.32. The van der Waals surface area contributed by atoms with Crippen LogP contribution in [-0.4, -0.2) is 47.4 Å². The maximum absolute atomic E-state index is 12.7. The summed E-state index contributed by atoms with van der Waals surface area (Å²) in [5, 5.41) is 2.73. The van der Waals surface area contributed by atoms with E-state index >= 15 is 0 Å². The van der Waals surface area contributed by atoms with Gasteiger partial charge in [-0.25, -0.2) is 4.79 Å². The quantitative estimate of drug-likeness (QED) is 0.515. The Morgan fingerprint density at radius 1 is 1.14 bits per heavy atom. The van der Waals surface area contributed by atoms with Gasteiger partial charge in [-0.05, 0) is 37.5 Å². The van der Waals surface area contributed by atoms with Crippen LogP contribution in [0.4, 0.5) is 0 Å². The lowest BCUT2D eigenvalue weighted by Crippen LogP contribution is -2.42. The number of nitrogens with zero attached hydrogens (tertiary/aromatic N) is 1. The molecule has 7 heteroatoms. The van der Waals surface area contributed by atoms with Gasteiger partial charge >= 0.3 is 5.97 Å². The number of hydrogen-bond acceptors (Lipinski definition) is 5. The van der Waals surface area contributed by atoms with Gasteiger partial charge in [-0.3, -0.25) is 9.59 Å². The SMILES string of the molecule is COC(=O)C(CCSC)NC(=O)Cc1ccc(C(=O)c2ccc(C)cc2)n1C. The number of thioether (sulfide) groups is 1. The van der Waals surface area contributed by atoms with Crippen LogP contribution in [0.25, 0.3) is 0 Å². The summed E-state index contributed by atoms with van der Waals surface area (Å²) in [6.07, 6.45) is 2.51. The van der Waals surface area contributed by atoms with Crippen molar-refractivity contribution < 1.29 is 19.1 Å². The molecule has 2 aromatic rings. The summed E-state index contributed by atoms with van der Waals surface area (Å²) < 4.78 is 6.48. The zero-order chi connectivity index (χ0) is 20.7. The van der Waals surface area contributed by atoms with Gasteiger partial charge in [0.1, 0.15) is 6.04 Å². The van der Waals surface area contributed by atoms with Crippen molar-refractivity contribution >= 4 is 29.4 Å². The summed E-state index contributed by atoms with van der Waals surface area (Å²) in [6.45, 7) is 1.97. The van der Waals surface area contributed by atoms with E-state index in [4.69, 9.17) is 4.74 Å². The van der Waals surface area contributed by atoms with Crippen molar-refractivity contribution in [1.29, 1.82) is 0 Å². The number of ether oxygens (including phenoxy) is 1. The number of amides is 1. The van der Waals surface area contributed by atoms with Crippen LogP contribution in [0.5, 0.6) is 0 Å². The molecule has 0 bridgehead atoms. The summed E-state index contributed by atoms with van der Waals surface area (Å²) in [5.41, 5.74) is 2.90. The molecule has 0 fully saturated rings. The molecule has 6 nitrogen and oxygen atoms in total. The molecule has 1 unspecified atom stereocenters. The van der Waals surface area contributed by atoms with Crippen LogP contribution in [0.1, 0.15) is 33.7 Å². The number of rotatable bonds is 9. The second kappa shape index (κ2) is 10.1. The predicted octanol–water partition coefficient (Wildman–Crippen LogP) is 2.52. The molecular weight excluding hydrogens is 376 g/mol. The highest BCUT2D eigenvalue weighted by Crippen LogP contribution is 2.15. The summed E-state index contributed by atoms with van der Waals surface area (Å²) >= 11 is 1.60. The van der Waals surface area contributed by atoms with Gasteiger partial charge < -0.3 is 14.6 Å². The third-order valence-electron chi connectivity index (χ3n) is 4.55. The Bertz CT molecular complexity index is 843. The van der Waals surface area contributed by atoms with Gasteiger partial charge in [-0.15, -0.1) is 0 Å². The lowest BCUT2D eigenvalue weighted by atomic mass is 10.1. The molecule has 0 saturated carbocycles. The van der Waals surface area contributed by atoms with Gasteiger partial charge in [0.05, 0.1) is 19.2 Å². The summed E-state index contributed by atoms with van der Waals surface area (Å²) in [4.78, 5) is 37.0. The molecule has 1 aromatic carbocycles. The fourth-order valence-electron chi connectivity index (χ4n) is 2.85. The average Bonchev–Trinajstić information content (AvgIpc) is 3.04. The summed E-state index contributed by atoms with van der Waals surface area (Å²) in [7, 11) is 3.07. The van der Waals surface area contributed by atoms with Crippen LogP contribution in [0.3, 0.4) is 0 Å². The number of carbonyl (C=O) groups excluding carboxylic acids is 3. The van der Waals surface area contributed by atoms with Crippen molar-refractivity contribution in [3.05, 3.63) is 58.9 Å². The van der Waals surface area contributed by atoms with Crippen LogP contribution in [0.2, 0.25) is 0 Å². The first-order valence-corrected chi connectivity index (χ1v) is 10.4. The standard InChI is InChI=1S/C21H26N2O4S/c1-14-5-7-15(8-6-14)20(25)18-10-9-16(23(18)2)13-19(24)22-17(11-12-28-4)21(26)27-3/h5-10,17H,11-13H2,1-4H3,(H,22,24). The first kappa shape index (κ1) is 21.8. The van der Waals surface area contributed by atoms with Crippen molar-refractivity contribution in [1.82, 2.24) is 9.88 Å². The Balaban J connectivity index is 2.08. The number of aromatic nitrogens is 1. The molecule has 0 aliphatic carbocycles. The monoisotopic (exact) mass is 402 g/mol. The van der Waals surface area contributed by atoms with Gasteiger partial charge in [0.25, 0.3) is 0 Å². The smallest absolute Gasteiger partial charge is 0.328 e. The topological polar surface area (TPSA) is 77.4 Å². The van der Waals surface area contributed by atoms with Crippen LogP contribution in [0, 0.1) is 6.92 Å². The molecule has 150 valence electrons. The molecule has 0 aliphatic rings. The molecule has 0 aliphatic heterocycles. The second-order valence-corrected chi connectivity index (χ2v) is 7.55. The zero-order valence-corrected chi connectivity index (χ0v) is 17.5. The minimum absolute atomic E-state index is 0.0738. The maximum atomic E-state index is 12.7. The molecule has 1 amide bonds. The van der Waals surface area contributed by atoms with E-state index in [1.54, 1.807) is 47.6 Å². The molecule has 1 atom stereocenters. The van der Waals surface area contributed by atoms with Gasteiger partial charge in [-0.1, -0.05) is 29.8 Å². The van der Waals surface area contributed by atoms with Crippen LogP contribution in [0.15, 0.2) is 36.4 Å². The number of carbonyl (C=O) groups is 3. The van der Waals surface area contributed by atoms with Crippen LogP contribution in [-0.2, 0) is 27.8 Å². The average molecular weight is 403 g/mol. The van der Waals surface area contributed by atoms with Crippen molar-refractivity contribution in [2.45, 2.75) is 25.8 Å². The minimum atomic E-state index is -0.668.